The Balaban J connectivity index is 2.09. The summed E-state index contributed by atoms with van der Waals surface area (Å²) in [5.41, 5.74) is 3.64. The third kappa shape index (κ3) is 4.66. The minimum Gasteiger partial charge on any atom is -0.494 e. The first-order chi connectivity index (χ1) is 12.6. The summed E-state index contributed by atoms with van der Waals surface area (Å²) in [4.78, 5) is 12.3. The van der Waals surface area contributed by atoms with Gasteiger partial charge in [0.1, 0.15) is 5.75 Å². The Morgan fingerprint density at radius 2 is 1.65 bits per heavy atom. The first-order valence-corrected chi connectivity index (χ1v) is 7.99. The van der Waals surface area contributed by atoms with Gasteiger partial charge in [0.25, 0.3) is 5.91 Å². The molecule has 7 nitrogen and oxygen atoms in total. The molecule has 0 saturated heterocycles. The van der Waals surface area contributed by atoms with Crippen molar-refractivity contribution in [1.82, 2.24) is 5.43 Å². The predicted octanol–water partition coefficient (Wildman–Crippen LogP) is 2.88. The zero-order valence-corrected chi connectivity index (χ0v) is 15.2. The zero-order valence-electron chi connectivity index (χ0n) is 15.2. The van der Waals surface area contributed by atoms with Crippen LogP contribution in [0, 0.1) is 0 Å². The maximum Gasteiger partial charge on any atom is 0.271 e. The lowest BCUT2D eigenvalue weighted by Crippen LogP contribution is -2.18. The highest BCUT2D eigenvalue weighted by Crippen LogP contribution is 2.38. The zero-order chi connectivity index (χ0) is 18.9. The second-order valence-corrected chi connectivity index (χ2v) is 5.12. The number of nitrogens with one attached hydrogen (secondary N) is 1. The molecule has 26 heavy (non-hydrogen) atoms. The fourth-order valence-electron chi connectivity index (χ4n) is 2.26. The van der Waals surface area contributed by atoms with Gasteiger partial charge in [0.2, 0.25) is 5.75 Å². The van der Waals surface area contributed by atoms with Crippen LogP contribution in [0.15, 0.2) is 41.5 Å². The van der Waals surface area contributed by atoms with Gasteiger partial charge >= 0.3 is 0 Å². The maximum absolute atomic E-state index is 12.3. The van der Waals surface area contributed by atoms with Crippen LogP contribution in [0.1, 0.15) is 22.8 Å². The molecular weight excluding hydrogens is 336 g/mol. The summed E-state index contributed by atoms with van der Waals surface area (Å²) < 4.78 is 21.1. The maximum atomic E-state index is 12.3. The van der Waals surface area contributed by atoms with Crippen LogP contribution >= 0.6 is 0 Å². The highest BCUT2D eigenvalue weighted by atomic mass is 16.5. The fraction of sp³-hybridized carbons (Fsp3) is 0.263. The summed E-state index contributed by atoms with van der Waals surface area (Å²) in [6.45, 7) is 2.53. The highest BCUT2D eigenvalue weighted by molar-refractivity contribution is 5.96. The van der Waals surface area contributed by atoms with Gasteiger partial charge in [-0.2, -0.15) is 5.10 Å². The smallest absolute Gasteiger partial charge is 0.271 e. The van der Waals surface area contributed by atoms with Crippen LogP contribution in [-0.2, 0) is 0 Å². The molecule has 0 unspecified atom stereocenters. The van der Waals surface area contributed by atoms with Crippen molar-refractivity contribution in [3.05, 3.63) is 47.5 Å². The van der Waals surface area contributed by atoms with Crippen molar-refractivity contribution in [2.24, 2.45) is 5.10 Å². The molecule has 0 aliphatic carbocycles. The monoisotopic (exact) mass is 358 g/mol. The number of amides is 1. The van der Waals surface area contributed by atoms with Gasteiger partial charge in [0.15, 0.2) is 11.5 Å². The van der Waals surface area contributed by atoms with Gasteiger partial charge in [0.05, 0.1) is 34.2 Å². The van der Waals surface area contributed by atoms with Crippen LogP contribution in [0.4, 0.5) is 0 Å². The molecule has 0 aliphatic rings. The molecule has 0 aromatic heterocycles. The van der Waals surface area contributed by atoms with Crippen LogP contribution in [0.2, 0.25) is 0 Å². The number of methoxy groups -OCH3 is 3. The number of benzene rings is 2. The van der Waals surface area contributed by atoms with Gasteiger partial charge in [-0.15, -0.1) is 0 Å². The molecule has 0 radical (unpaired) electrons. The molecule has 2 rings (SSSR count). The second kappa shape index (κ2) is 9.31. The average Bonchev–Trinajstić information content (AvgIpc) is 2.68. The summed E-state index contributed by atoms with van der Waals surface area (Å²) in [5, 5.41) is 3.97. The van der Waals surface area contributed by atoms with E-state index < -0.39 is 5.91 Å². The third-order valence-corrected chi connectivity index (χ3v) is 3.50. The Kier molecular flexibility index (Phi) is 6.84. The van der Waals surface area contributed by atoms with E-state index in [1.165, 1.54) is 21.3 Å². The molecule has 1 N–H and O–H groups in total. The van der Waals surface area contributed by atoms with E-state index in [2.05, 4.69) is 10.5 Å². The van der Waals surface area contributed by atoms with E-state index >= 15 is 0 Å². The van der Waals surface area contributed by atoms with Gasteiger partial charge in [-0.25, -0.2) is 5.43 Å². The highest BCUT2D eigenvalue weighted by Gasteiger charge is 2.16. The van der Waals surface area contributed by atoms with E-state index in [0.717, 1.165) is 11.3 Å². The van der Waals surface area contributed by atoms with Crippen LogP contribution in [0.3, 0.4) is 0 Å². The minimum atomic E-state index is -0.397. The number of rotatable bonds is 8. The van der Waals surface area contributed by atoms with Crippen LogP contribution in [0.5, 0.6) is 23.0 Å². The number of ether oxygens (including phenoxy) is 4. The lowest BCUT2D eigenvalue weighted by atomic mass is 10.1. The molecular formula is C19H22N2O5. The second-order valence-electron chi connectivity index (χ2n) is 5.12. The number of nitrogens with zero attached hydrogens (tertiary/aromatic N) is 1. The van der Waals surface area contributed by atoms with E-state index in [1.807, 2.05) is 31.2 Å². The third-order valence-electron chi connectivity index (χ3n) is 3.50. The molecule has 0 saturated carbocycles. The summed E-state index contributed by atoms with van der Waals surface area (Å²) in [7, 11) is 4.48. The summed E-state index contributed by atoms with van der Waals surface area (Å²) in [6, 6.07) is 10.5. The largest absolute Gasteiger partial charge is 0.494 e. The van der Waals surface area contributed by atoms with Crippen molar-refractivity contribution in [1.29, 1.82) is 0 Å². The Hall–Kier alpha value is -3.22. The average molecular weight is 358 g/mol. The molecule has 0 bridgehead atoms. The van der Waals surface area contributed by atoms with Gasteiger partial charge in [0, 0.05) is 5.56 Å². The topological polar surface area (TPSA) is 78.4 Å². The first-order valence-electron chi connectivity index (χ1n) is 7.99. The molecule has 138 valence electrons. The van der Waals surface area contributed by atoms with E-state index in [0.29, 0.717) is 29.4 Å². The molecule has 2 aromatic carbocycles. The Bertz CT molecular complexity index is 747. The molecule has 0 heterocycles. The molecule has 0 atom stereocenters. The van der Waals surface area contributed by atoms with Crippen molar-refractivity contribution in [2.45, 2.75) is 6.92 Å². The van der Waals surface area contributed by atoms with Crippen LogP contribution in [0.25, 0.3) is 0 Å². The van der Waals surface area contributed by atoms with Crippen LogP contribution in [-0.4, -0.2) is 40.1 Å². The van der Waals surface area contributed by atoms with Crippen molar-refractivity contribution in [3.63, 3.8) is 0 Å². The Labute approximate surface area is 152 Å². The van der Waals surface area contributed by atoms with Crippen molar-refractivity contribution >= 4 is 12.1 Å². The van der Waals surface area contributed by atoms with Gasteiger partial charge in [-0.3, -0.25) is 4.79 Å². The molecule has 2 aromatic rings. The number of hydrazone groups is 1. The van der Waals surface area contributed by atoms with E-state index in [9.17, 15) is 4.79 Å². The first kappa shape index (κ1) is 19.1. The van der Waals surface area contributed by atoms with Gasteiger partial charge in [-0.1, -0.05) is 0 Å². The van der Waals surface area contributed by atoms with Crippen LogP contribution < -0.4 is 24.4 Å². The molecule has 0 fully saturated rings. The summed E-state index contributed by atoms with van der Waals surface area (Å²) >= 11 is 0. The van der Waals surface area contributed by atoms with E-state index in [1.54, 1.807) is 18.3 Å². The number of carbonyl (C=O) groups excluding carboxylic acids is 1. The fourth-order valence-corrected chi connectivity index (χ4v) is 2.26. The number of carbonyl (C=O) groups is 1. The van der Waals surface area contributed by atoms with Crippen molar-refractivity contribution < 1.29 is 23.7 Å². The van der Waals surface area contributed by atoms with Gasteiger partial charge in [-0.05, 0) is 48.9 Å². The van der Waals surface area contributed by atoms with E-state index in [-0.39, 0.29) is 0 Å². The Morgan fingerprint density at radius 1 is 1.04 bits per heavy atom. The molecule has 7 heteroatoms. The molecule has 0 aliphatic heterocycles. The van der Waals surface area contributed by atoms with Crippen molar-refractivity contribution in [3.8, 4) is 23.0 Å². The van der Waals surface area contributed by atoms with E-state index in [4.69, 9.17) is 18.9 Å². The summed E-state index contributed by atoms with van der Waals surface area (Å²) in [5.74, 6) is 1.60. The summed E-state index contributed by atoms with van der Waals surface area (Å²) in [6.07, 6.45) is 1.55. The normalized spacial score (nSPS) is 10.5. The predicted molar refractivity (Wildman–Crippen MR) is 98.8 cm³/mol. The molecule has 0 spiro atoms. The SMILES string of the molecule is CCOc1ccc(/C=N\NC(=O)c2cc(OC)c(OC)c(OC)c2)cc1. The quantitative estimate of drug-likeness (QED) is 0.580. The van der Waals surface area contributed by atoms with Crippen molar-refractivity contribution in [2.75, 3.05) is 27.9 Å². The lowest BCUT2D eigenvalue weighted by Gasteiger charge is -2.13. The standard InChI is InChI=1S/C19H22N2O5/c1-5-26-15-8-6-13(7-9-15)12-20-21-19(22)14-10-16(23-2)18(25-4)17(11-14)24-3/h6-12H,5H2,1-4H3,(H,21,22)/b20-12-. The molecule has 1 amide bonds. The number of hydrogen-bond acceptors (Lipinski definition) is 6. The number of hydrogen-bond donors (Lipinski definition) is 1. The van der Waals surface area contributed by atoms with Gasteiger partial charge < -0.3 is 18.9 Å². The minimum absolute atomic E-state index is 0.336. The Morgan fingerprint density at radius 3 is 2.15 bits per heavy atom. The lowest BCUT2D eigenvalue weighted by molar-refractivity contribution is 0.0954.